The van der Waals surface area contributed by atoms with Crippen molar-refractivity contribution >= 4 is 46.2 Å². The molecule has 0 fully saturated rings. The maximum atomic E-state index is 13.4. The zero-order valence-corrected chi connectivity index (χ0v) is 22.9. The third-order valence-corrected chi connectivity index (χ3v) is 7.62. The smallest absolute Gasteiger partial charge is 0.259 e. The van der Waals surface area contributed by atoms with Crippen LogP contribution in [0.2, 0.25) is 0 Å². The molecule has 0 saturated carbocycles. The van der Waals surface area contributed by atoms with Gasteiger partial charge in [-0.2, -0.15) is 0 Å². The fourth-order valence-electron chi connectivity index (χ4n) is 4.61. The third kappa shape index (κ3) is 6.84. The molecule has 3 aromatic carbocycles. The summed E-state index contributed by atoms with van der Waals surface area (Å²) in [5.41, 5.74) is 3.78. The molecule has 1 atom stereocenters. The highest BCUT2D eigenvalue weighted by Crippen LogP contribution is 2.34. The number of para-hydroxylation sites is 1. The average molecular weight is 554 g/mol. The first-order chi connectivity index (χ1) is 19.6. The van der Waals surface area contributed by atoms with Crippen molar-refractivity contribution in [2.24, 2.45) is 9.98 Å². The Hall–Kier alpha value is -4.24. The van der Waals surface area contributed by atoms with Crippen LogP contribution in [0.25, 0.3) is 0 Å². The summed E-state index contributed by atoms with van der Waals surface area (Å²) in [6, 6.07) is 26.8. The molecule has 2 heterocycles. The van der Waals surface area contributed by atoms with Gasteiger partial charge in [-0.15, -0.1) is 0 Å². The molecule has 5 rings (SSSR count). The minimum atomic E-state index is -0.675. The van der Waals surface area contributed by atoms with Gasteiger partial charge in [-0.05, 0) is 42.5 Å². The highest BCUT2D eigenvalue weighted by atomic mass is 32.2. The minimum Gasteiger partial charge on any atom is -0.356 e. The van der Waals surface area contributed by atoms with E-state index in [0.717, 1.165) is 29.5 Å². The number of nitrogens with zero attached hydrogens (tertiary/aromatic N) is 3. The largest absolute Gasteiger partial charge is 0.356 e. The molecule has 9 heteroatoms. The number of benzene rings is 3. The van der Waals surface area contributed by atoms with Crippen LogP contribution in [0.3, 0.4) is 0 Å². The Morgan fingerprint density at radius 3 is 2.08 bits per heavy atom. The van der Waals surface area contributed by atoms with Gasteiger partial charge in [0.25, 0.3) is 5.91 Å². The summed E-state index contributed by atoms with van der Waals surface area (Å²) in [6.07, 6.45) is 1.99. The number of amidine groups is 2. The van der Waals surface area contributed by atoms with Gasteiger partial charge in [0.15, 0.2) is 5.17 Å². The molecule has 2 N–H and O–H groups in total. The standard InChI is InChI=1S/C31H31N5O3S/c37-27(32-19-17-22-9-3-1-4-10-22)16-15-26-30(39)36-29(34-26)24-13-7-8-14-25(24)35-31(36)40-21-28(38)33-20-18-23-11-5-2-6-12-23/h1-14,26H,15-21H2,(H,32,37)(H,33,38)/t26-/m1/s1. The molecular formula is C31H31N5O3S. The normalized spacial score (nSPS) is 15.6. The van der Waals surface area contributed by atoms with Gasteiger partial charge >= 0.3 is 0 Å². The Bertz CT molecular complexity index is 1430. The van der Waals surface area contributed by atoms with Crippen molar-refractivity contribution in [3.8, 4) is 0 Å². The lowest BCUT2D eigenvalue weighted by atomic mass is 10.1. The Kier molecular flexibility index (Phi) is 9.03. The monoisotopic (exact) mass is 553 g/mol. The van der Waals surface area contributed by atoms with Crippen LogP contribution in [0.15, 0.2) is 94.9 Å². The predicted molar refractivity (Wildman–Crippen MR) is 159 cm³/mol. The van der Waals surface area contributed by atoms with Gasteiger partial charge in [0, 0.05) is 25.1 Å². The molecule has 0 aliphatic carbocycles. The zero-order chi connectivity index (χ0) is 27.7. The number of hydrogen-bond acceptors (Lipinski definition) is 6. The second-order valence-electron chi connectivity index (χ2n) is 9.55. The van der Waals surface area contributed by atoms with Gasteiger partial charge in [0.2, 0.25) is 11.8 Å². The number of carbonyl (C=O) groups excluding carboxylic acids is 3. The molecule has 2 aliphatic heterocycles. The van der Waals surface area contributed by atoms with E-state index in [1.807, 2.05) is 84.9 Å². The lowest BCUT2D eigenvalue weighted by Gasteiger charge is -2.25. The summed E-state index contributed by atoms with van der Waals surface area (Å²) in [6.45, 7) is 1.07. The first-order valence-electron chi connectivity index (χ1n) is 13.4. The van der Waals surface area contributed by atoms with Crippen molar-refractivity contribution in [2.75, 3.05) is 18.8 Å². The first-order valence-corrected chi connectivity index (χ1v) is 14.4. The van der Waals surface area contributed by atoms with Crippen molar-refractivity contribution in [3.63, 3.8) is 0 Å². The number of thioether (sulfide) groups is 1. The van der Waals surface area contributed by atoms with E-state index in [9.17, 15) is 14.4 Å². The Labute approximate surface area is 238 Å². The predicted octanol–water partition coefficient (Wildman–Crippen LogP) is 3.88. The van der Waals surface area contributed by atoms with Crippen LogP contribution >= 0.6 is 11.8 Å². The molecule has 204 valence electrons. The van der Waals surface area contributed by atoms with Crippen molar-refractivity contribution in [1.29, 1.82) is 0 Å². The van der Waals surface area contributed by atoms with Crippen LogP contribution in [0.5, 0.6) is 0 Å². The van der Waals surface area contributed by atoms with Crippen molar-refractivity contribution < 1.29 is 14.4 Å². The molecular weight excluding hydrogens is 522 g/mol. The van der Waals surface area contributed by atoms with Gasteiger partial charge in [0.05, 0.1) is 11.4 Å². The van der Waals surface area contributed by atoms with Crippen LogP contribution in [0, 0.1) is 0 Å². The SMILES string of the molecule is O=C(CC[C@H]1N=C2c3ccccc3N=C(SCC(=O)NCCc3ccccc3)N2C1=O)NCCc1ccccc1. The van der Waals surface area contributed by atoms with Crippen LogP contribution in [-0.4, -0.2) is 58.5 Å². The molecule has 2 aliphatic rings. The molecule has 0 saturated heterocycles. The zero-order valence-electron chi connectivity index (χ0n) is 22.1. The number of nitrogens with one attached hydrogen (secondary N) is 2. The van der Waals surface area contributed by atoms with Gasteiger partial charge in [-0.3, -0.25) is 19.4 Å². The van der Waals surface area contributed by atoms with Crippen molar-refractivity contribution in [1.82, 2.24) is 15.5 Å². The quantitative estimate of drug-likeness (QED) is 0.376. The summed E-state index contributed by atoms with van der Waals surface area (Å²) < 4.78 is 0. The number of fused-ring (bicyclic) bond motifs is 3. The van der Waals surface area contributed by atoms with Crippen LogP contribution in [0.1, 0.15) is 29.5 Å². The number of amides is 3. The van der Waals surface area contributed by atoms with Crippen LogP contribution in [-0.2, 0) is 27.2 Å². The maximum Gasteiger partial charge on any atom is 0.259 e. The fraction of sp³-hybridized carbons (Fsp3) is 0.258. The Balaban J connectivity index is 1.16. The van der Waals surface area contributed by atoms with E-state index in [4.69, 9.17) is 4.99 Å². The molecule has 8 nitrogen and oxygen atoms in total. The molecule has 0 unspecified atom stereocenters. The third-order valence-electron chi connectivity index (χ3n) is 6.68. The summed E-state index contributed by atoms with van der Waals surface area (Å²) in [5, 5.41) is 6.30. The van der Waals surface area contributed by atoms with E-state index in [0.29, 0.717) is 36.2 Å². The fourth-order valence-corrected chi connectivity index (χ4v) is 5.44. The van der Waals surface area contributed by atoms with Crippen molar-refractivity contribution in [3.05, 3.63) is 102 Å². The Morgan fingerprint density at radius 1 is 0.800 bits per heavy atom. The van der Waals surface area contributed by atoms with Gasteiger partial charge in [-0.1, -0.05) is 84.6 Å². The second kappa shape index (κ2) is 13.2. The van der Waals surface area contributed by atoms with Gasteiger partial charge in [0.1, 0.15) is 11.9 Å². The van der Waals surface area contributed by atoms with Gasteiger partial charge < -0.3 is 10.6 Å². The molecule has 0 aromatic heterocycles. The van der Waals surface area contributed by atoms with E-state index in [1.54, 1.807) is 0 Å². The molecule has 0 radical (unpaired) electrons. The van der Waals surface area contributed by atoms with E-state index >= 15 is 0 Å². The minimum absolute atomic E-state index is 0.107. The molecule has 3 amide bonds. The van der Waals surface area contributed by atoms with Crippen LogP contribution < -0.4 is 10.6 Å². The van der Waals surface area contributed by atoms with Crippen molar-refractivity contribution in [2.45, 2.75) is 31.7 Å². The molecule has 0 bridgehead atoms. The van der Waals surface area contributed by atoms with Gasteiger partial charge in [-0.25, -0.2) is 9.89 Å². The summed E-state index contributed by atoms with van der Waals surface area (Å²) in [7, 11) is 0. The lowest BCUT2D eigenvalue weighted by Crippen LogP contribution is -2.42. The summed E-state index contributed by atoms with van der Waals surface area (Å²) in [4.78, 5) is 49.3. The molecule has 0 spiro atoms. The Morgan fingerprint density at radius 2 is 1.40 bits per heavy atom. The second-order valence-corrected chi connectivity index (χ2v) is 10.5. The highest BCUT2D eigenvalue weighted by molar-refractivity contribution is 8.14. The molecule has 40 heavy (non-hydrogen) atoms. The first kappa shape index (κ1) is 27.3. The average Bonchev–Trinajstić information content (AvgIpc) is 3.32. The number of rotatable bonds is 11. The summed E-state index contributed by atoms with van der Waals surface area (Å²) in [5.74, 6) is 0.191. The van der Waals surface area contributed by atoms with E-state index in [1.165, 1.54) is 16.7 Å². The highest BCUT2D eigenvalue weighted by Gasteiger charge is 2.41. The van der Waals surface area contributed by atoms with E-state index < -0.39 is 6.04 Å². The maximum absolute atomic E-state index is 13.4. The number of carbonyl (C=O) groups is 3. The number of aliphatic imine (C=N–C) groups is 2. The summed E-state index contributed by atoms with van der Waals surface area (Å²) >= 11 is 1.21. The topological polar surface area (TPSA) is 103 Å². The number of hydrogen-bond donors (Lipinski definition) is 2. The lowest BCUT2D eigenvalue weighted by molar-refractivity contribution is -0.125. The van der Waals surface area contributed by atoms with E-state index in [-0.39, 0.29) is 29.9 Å². The molecule has 3 aromatic rings. The van der Waals surface area contributed by atoms with E-state index in [2.05, 4.69) is 15.6 Å². The van der Waals surface area contributed by atoms with Crippen LogP contribution in [0.4, 0.5) is 5.69 Å².